The Kier molecular flexibility index (Phi) is 7.41. The molecule has 7 unspecified atom stereocenters. The lowest BCUT2D eigenvalue weighted by Gasteiger charge is -2.25. The van der Waals surface area contributed by atoms with E-state index in [2.05, 4.69) is 125 Å². The van der Waals surface area contributed by atoms with Gasteiger partial charge in [-0.3, -0.25) is 18.4 Å². The molecule has 0 aliphatic rings. The highest BCUT2D eigenvalue weighted by Gasteiger charge is 2.30. The molecule has 0 saturated heterocycles. The summed E-state index contributed by atoms with van der Waals surface area (Å²) in [6, 6.07) is 16.2. The smallest absolute Gasteiger partial charge is 0.264 e. The van der Waals surface area contributed by atoms with Gasteiger partial charge in [0.1, 0.15) is 27.0 Å². The van der Waals surface area contributed by atoms with Gasteiger partial charge in [-0.1, -0.05) is 31.5 Å². The molecule has 8 rings (SSSR count). The molecule has 15 heteroatoms. The molecule has 0 fully saturated rings. The molecule has 4 aromatic carbocycles. The van der Waals surface area contributed by atoms with E-state index in [4.69, 9.17) is 9.97 Å². The molecule has 0 aliphatic heterocycles. The second-order valence-electron chi connectivity index (χ2n) is 14.7. The van der Waals surface area contributed by atoms with Crippen LogP contribution >= 0.6 is 64.7 Å². The van der Waals surface area contributed by atoms with E-state index >= 15 is 0 Å². The van der Waals surface area contributed by atoms with Crippen LogP contribution in [0.5, 0.6) is 0 Å². The van der Waals surface area contributed by atoms with Crippen LogP contribution in [0.4, 0.5) is 0 Å². The number of aromatic nitrogens is 4. The summed E-state index contributed by atoms with van der Waals surface area (Å²) in [5.41, 5.74) is 8.16. The van der Waals surface area contributed by atoms with E-state index in [1.807, 2.05) is 24.3 Å². The first-order chi connectivity index (χ1) is 22.2. The molecule has 8 aromatic rings. The predicted octanol–water partition coefficient (Wildman–Crippen LogP) is 5.36. The zero-order valence-electron chi connectivity index (χ0n) is 27.3. The Bertz CT molecular complexity index is 2630. The Balaban J connectivity index is 1.58. The van der Waals surface area contributed by atoms with Crippen LogP contribution in [-0.2, 0) is 19.6 Å². The Hall–Kier alpha value is -1.44. The zero-order valence-corrected chi connectivity index (χ0v) is 35.3. The van der Waals surface area contributed by atoms with Crippen LogP contribution in [0, 0.1) is 0 Å². The standard InChI is InChI=1S/C33H35B2N4O2P7/c1-30(2,42)12-8-18(31(3,43)44)24-20(10-12)38-26(36-24)14-4-6-17-23-15(5-7-16(22(14)23)28(38)40)27-37-25-19(33(46,47)48)9-13(32(34,35)45)11-21(25)39(27)29(17)41/h4-11H,34-35,42-48H2,1-3H3. The van der Waals surface area contributed by atoms with Gasteiger partial charge >= 0.3 is 0 Å². The van der Waals surface area contributed by atoms with Crippen molar-refractivity contribution in [2.24, 2.45) is 0 Å². The van der Waals surface area contributed by atoms with Crippen LogP contribution in [0.1, 0.15) is 43.0 Å². The summed E-state index contributed by atoms with van der Waals surface area (Å²) >= 11 is 0. The van der Waals surface area contributed by atoms with Gasteiger partial charge in [-0.05, 0) is 65.0 Å². The summed E-state index contributed by atoms with van der Waals surface area (Å²) in [5, 5.41) is 4.05. The number of benzene rings is 4. The highest BCUT2D eigenvalue weighted by atomic mass is 31.1. The third kappa shape index (κ3) is 4.81. The highest BCUT2D eigenvalue weighted by molar-refractivity contribution is 7.56. The summed E-state index contributed by atoms with van der Waals surface area (Å²) in [6.07, 6.45) is 0. The van der Waals surface area contributed by atoms with Gasteiger partial charge in [0.05, 0.1) is 22.1 Å². The number of imidazole rings is 2. The van der Waals surface area contributed by atoms with Gasteiger partial charge in [-0.25, -0.2) is 9.97 Å². The molecule has 4 aromatic heterocycles. The molecular formula is C33H35B2N4O2P7. The first kappa shape index (κ1) is 33.7. The van der Waals surface area contributed by atoms with E-state index in [9.17, 15) is 9.59 Å². The molecule has 0 saturated carbocycles. The van der Waals surface area contributed by atoms with Gasteiger partial charge in [0.15, 0.2) is 0 Å². The molecule has 48 heavy (non-hydrogen) atoms. The van der Waals surface area contributed by atoms with Crippen molar-refractivity contribution < 1.29 is 0 Å². The Labute approximate surface area is 295 Å². The number of rotatable bonds is 4. The average Bonchev–Trinajstić information content (AvgIpc) is 3.55. The molecule has 7 atom stereocenters. The van der Waals surface area contributed by atoms with Crippen LogP contribution in [0.15, 0.2) is 58.1 Å². The van der Waals surface area contributed by atoms with Gasteiger partial charge in [-0.15, -0.1) is 64.7 Å². The second kappa shape index (κ2) is 10.6. The number of pyridine rings is 2. The lowest BCUT2D eigenvalue weighted by atomic mass is 9.65. The van der Waals surface area contributed by atoms with Crippen LogP contribution in [0.3, 0.4) is 0 Å². The van der Waals surface area contributed by atoms with Crippen molar-refractivity contribution in [2.75, 3.05) is 0 Å². The summed E-state index contributed by atoms with van der Waals surface area (Å²) < 4.78 is 3.06. The fraction of sp³-hybridized carbons (Fsp3) is 0.212. The minimum absolute atomic E-state index is 0.150. The normalized spacial score (nSPS) is 14.0. The van der Waals surface area contributed by atoms with Gasteiger partial charge in [0, 0.05) is 47.0 Å². The van der Waals surface area contributed by atoms with Gasteiger partial charge in [0.2, 0.25) is 0 Å². The fourth-order valence-corrected chi connectivity index (χ4v) is 8.51. The van der Waals surface area contributed by atoms with Crippen LogP contribution in [0.25, 0.3) is 65.7 Å². The third-order valence-electron chi connectivity index (χ3n) is 9.56. The monoisotopic (exact) mass is 758 g/mol. The molecule has 0 bridgehead atoms. The molecule has 0 aliphatic carbocycles. The van der Waals surface area contributed by atoms with Crippen molar-refractivity contribution in [3.63, 3.8) is 0 Å². The van der Waals surface area contributed by atoms with Crippen molar-refractivity contribution in [2.45, 2.75) is 40.4 Å². The van der Waals surface area contributed by atoms with E-state index < -0.39 is 4.64 Å². The maximum atomic E-state index is 14.6. The molecule has 0 spiro atoms. The highest BCUT2D eigenvalue weighted by Crippen LogP contribution is 2.49. The lowest BCUT2D eigenvalue weighted by Crippen LogP contribution is -2.19. The molecule has 0 amide bonds. The molecule has 0 N–H and O–H groups in total. The largest absolute Gasteiger partial charge is 0.268 e. The second-order valence-corrected chi connectivity index (χ2v) is 25.5. The van der Waals surface area contributed by atoms with Crippen LogP contribution < -0.4 is 11.1 Å². The average molecular weight is 758 g/mol. The SMILES string of the molecule is BC(B)(P)c1cc(C(P)(P)P)c2nc3c4ccc5c(=O)n6c7cc(C(C)(C)P)cc(C(C)(P)P)c7nc6c6ccc(c(=O)n3c2c1)c4c56. The van der Waals surface area contributed by atoms with Gasteiger partial charge in [0.25, 0.3) is 11.1 Å². The first-order valence-electron chi connectivity index (χ1n) is 15.5. The van der Waals surface area contributed by atoms with Gasteiger partial charge < -0.3 is 0 Å². The van der Waals surface area contributed by atoms with Crippen molar-refractivity contribution in [1.29, 1.82) is 0 Å². The Morgan fingerprint density at radius 1 is 0.604 bits per heavy atom. The number of hydrogen-bond donors (Lipinski definition) is 0. The van der Waals surface area contributed by atoms with E-state index in [0.717, 1.165) is 65.9 Å². The van der Waals surface area contributed by atoms with E-state index in [1.165, 1.54) is 0 Å². The van der Waals surface area contributed by atoms with Crippen molar-refractivity contribution in [3.8, 4) is 0 Å². The summed E-state index contributed by atoms with van der Waals surface area (Å²) in [4.78, 5) is 38.9. The van der Waals surface area contributed by atoms with Crippen molar-refractivity contribution in [1.82, 2.24) is 18.8 Å². The third-order valence-corrected chi connectivity index (χ3v) is 11.8. The fourth-order valence-electron chi connectivity index (χ4n) is 7.08. The molecular weight excluding hydrogens is 723 g/mol. The summed E-state index contributed by atoms with van der Waals surface area (Å²) in [5.74, 6) is 0. The van der Waals surface area contributed by atoms with Crippen LogP contribution in [-0.4, -0.2) is 34.5 Å². The molecule has 240 valence electrons. The molecule has 0 radical (unpaired) electrons. The Morgan fingerprint density at radius 3 is 1.44 bits per heavy atom. The Morgan fingerprint density at radius 2 is 1.02 bits per heavy atom. The topological polar surface area (TPSA) is 68.7 Å². The van der Waals surface area contributed by atoms with Crippen LogP contribution in [0.2, 0.25) is 0 Å². The van der Waals surface area contributed by atoms with Crippen molar-refractivity contribution >= 4 is 146 Å². The van der Waals surface area contributed by atoms with E-state index in [-0.39, 0.29) is 26.1 Å². The number of fused-ring (bicyclic) bond motifs is 8. The predicted molar refractivity (Wildman–Crippen MR) is 235 cm³/mol. The zero-order chi connectivity index (χ0) is 34.6. The van der Waals surface area contributed by atoms with E-state index in [0.29, 0.717) is 22.1 Å². The molecule has 4 heterocycles. The van der Waals surface area contributed by atoms with Gasteiger partial charge in [-0.2, -0.15) is 0 Å². The quantitative estimate of drug-likeness (QED) is 0.138. The summed E-state index contributed by atoms with van der Waals surface area (Å²) in [6.45, 7) is 6.40. The number of hydrogen-bond acceptors (Lipinski definition) is 4. The minimum atomic E-state index is -0.447. The summed E-state index contributed by atoms with van der Waals surface area (Å²) in [7, 11) is 24.5. The maximum Gasteiger partial charge on any atom is 0.264 e. The van der Waals surface area contributed by atoms with E-state index in [1.54, 1.807) is 8.80 Å². The number of nitrogens with zero attached hydrogens (tertiary/aromatic N) is 4. The molecule has 6 nitrogen and oxygen atoms in total. The lowest BCUT2D eigenvalue weighted by molar-refractivity contribution is 0.780. The van der Waals surface area contributed by atoms with Crippen molar-refractivity contribution in [3.05, 3.63) is 91.5 Å². The minimum Gasteiger partial charge on any atom is -0.268 e. The maximum absolute atomic E-state index is 14.6. The first-order valence-corrected chi connectivity index (χ1v) is 19.6.